The van der Waals surface area contributed by atoms with Crippen LogP contribution in [0.1, 0.15) is 25.0 Å². The molecule has 2 heteroatoms. The predicted octanol–water partition coefficient (Wildman–Crippen LogP) is 16.4. The number of para-hydroxylation sites is 1. The number of hydrogen-bond donors (Lipinski definition) is 0. The minimum absolute atomic E-state index is 0.182. The van der Waals surface area contributed by atoms with Crippen molar-refractivity contribution in [3.63, 3.8) is 0 Å². The lowest BCUT2D eigenvalue weighted by molar-refractivity contribution is 0.661. The van der Waals surface area contributed by atoms with Crippen LogP contribution in [0.5, 0.6) is 0 Å². The molecule has 0 radical (unpaired) electrons. The minimum atomic E-state index is -2.62. The summed E-state index contributed by atoms with van der Waals surface area (Å²) in [5.74, 6) is 0. The zero-order valence-corrected chi connectivity index (χ0v) is 42.8. The van der Waals surface area contributed by atoms with E-state index in [4.69, 9.17) is 0 Å². The molecule has 1 aliphatic heterocycles. The van der Waals surface area contributed by atoms with Gasteiger partial charge < -0.3 is 4.57 Å². The van der Waals surface area contributed by atoms with E-state index in [9.17, 15) is 0 Å². The van der Waals surface area contributed by atoms with Crippen LogP contribution in [0.3, 0.4) is 0 Å². The Morgan fingerprint density at radius 1 is 0.307 bits per heavy atom. The highest BCUT2D eigenvalue weighted by molar-refractivity contribution is 7.22. The first-order valence-corrected chi connectivity index (χ1v) is 28.4. The van der Waals surface area contributed by atoms with Crippen molar-refractivity contribution < 1.29 is 0 Å². The fourth-order valence-corrected chi connectivity index (χ4v) is 19.1. The summed E-state index contributed by atoms with van der Waals surface area (Å²) in [6.07, 6.45) is 0. The molecule has 350 valence electrons. The zero-order valence-electron chi connectivity index (χ0n) is 41.8. The topological polar surface area (TPSA) is 4.93 Å². The first kappa shape index (κ1) is 42.4. The van der Waals surface area contributed by atoms with Gasteiger partial charge in [-0.25, -0.2) is 0 Å². The van der Waals surface area contributed by atoms with Gasteiger partial charge in [-0.1, -0.05) is 208 Å². The van der Waals surface area contributed by atoms with Gasteiger partial charge in [0.15, 0.2) is 8.07 Å². The van der Waals surface area contributed by atoms with Crippen LogP contribution in [0.4, 0.5) is 0 Å². The predicted molar refractivity (Wildman–Crippen MR) is 322 cm³/mol. The van der Waals surface area contributed by atoms with Gasteiger partial charge in [-0.05, 0) is 186 Å². The maximum Gasteiger partial charge on any atom is 0.180 e. The van der Waals surface area contributed by atoms with E-state index in [0.29, 0.717) is 0 Å². The van der Waals surface area contributed by atoms with E-state index < -0.39 is 8.07 Å². The molecule has 75 heavy (non-hydrogen) atoms. The van der Waals surface area contributed by atoms with Crippen LogP contribution in [0.15, 0.2) is 261 Å². The lowest BCUT2D eigenvalue weighted by Gasteiger charge is -2.31. The normalized spacial score (nSPS) is 13.9. The summed E-state index contributed by atoms with van der Waals surface area (Å²) in [7, 11) is -2.62. The number of aromatic nitrogens is 1. The lowest BCUT2D eigenvalue weighted by Crippen LogP contribution is -2.72. The molecule has 0 unspecified atom stereocenters. The molecule has 0 spiro atoms. The molecular weight excluding hydrogens is 919 g/mol. The van der Waals surface area contributed by atoms with Crippen molar-refractivity contribution in [1.82, 2.24) is 4.57 Å². The fourth-order valence-electron chi connectivity index (χ4n) is 13.9. The number of rotatable bonds is 5. The van der Waals surface area contributed by atoms with E-state index >= 15 is 0 Å². The standard InChI is InChI=1S/C73H49NSi/c1-73(2)66-43-48(30-34-60(66)61-35-31-51(44-67(61)73)72-58-23-11-9-17-49(58)38-50-18-10-12-24-59(50)72)47-32-36-69-64(41-47)62-25-13-15-27-68(62)74(69)55-33-29-46-37-53-42-65-63-26-14-16-28-70(63)75(56-19-5-3-6-20-56,57-21-7-4-8-22-57)71(65)45-54(53)39-52(46)40-55/h3-45H,1-2H3. The number of fused-ring (bicyclic) bond motifs is 13. The summed E-state index contributed by atoms with van der Waals surface area (Å²) < 4.78 is 2.47. The first-order chi connectivity index (χ1) is 36.9. The monoisotopic (exact) mass is 967 g/mol. The molecule has 0 atom stereocenters. The molecule has 13 aromatic carbocycles. The van der Waals surface area contributed by atoms with Crippen molar-refractivity contribution in [2.24, 2.45) is 0 Å². The van der Waals surface area contributed by atoms with Gasteiger partial charge in [-0.3, -0.25) is 0 Å². The maximum absolute atomic E-state index is 2.62. The van der Waals surface area contributed by atoms with E-state index in [2.05, 4.69) is 279 Å². The number of hydrogen-bond acceptors (Lipinski definition) is 0. The van der Waals surface area contributed by atoms with Crippen LogP contribution in [0.25, 0.3) is 115 Å². The Labute approximate surface area is 437 Å². The zero-order chi connectivity index (χ0) is 49.6. The molecule has 14 aromatic rings. The average Bonchev–Trinajstić information content (AvgIpc) is 4.17. The van der Waals surface area contributed by atoms with Gasteiger partial charge in [0.25, 0.3) is 0 Å². The van der Waals surface area contributed by atoms with E-state index in [1.807, 2.05) is 0 Å². The third-order valence-corrected chi connectivity index (χ3v) is 22.2. The van der Waals surface area contributed by atoms with Crippen molar-refractivity contribution in [2.45, 2.75) is 19.3 Å². The van der Waals surface area contributed by atoms with Crippen molar-refractivity contribution in [1.29, 1.82) is 0 Å². The average molecular weight is 968 g/mol. The van der Waals surface area contributed by atoms with Gasteiger partial charge in [-0.2, -0.15) is 0 Å². The Bertz CT molecular complexity index is 4640. The van der Waals surface area contributed by atoms with Gasteiger partial charge in [-0.15, -0.1) is 0 Å². The van der Waals surface area contributed by atoms with Gasteiger partial charge >= 0.3 is 0 Å². The van der Waals surface area contributed by atoms with Crippen LogP contribution in [-0.4, -0.2) is 12.6 Å². The second-order valence-corrected chi connectivity index (χ2v) is 25.3. The first-order valence-electron chi connectivity index (χ1n) is 26.4. The quantitative estimate of drug-likeness (QED) is 0.120. The molecule has 1 nitrogen and oxygen atoms in total. The highest BCUT2D eigenvalue weighted by Gasteiger charge is 2.48. The summed E-state index contributed by atoms with van der Waals surface area (Å²) >= 11 is 0. The Morgan fingerprint density at radius 3 is 1.57 bits per heavy atom. The number of nitrogens with zero attached hydrogens (tertiary/aromatic N) is 1. The Balaban J connectivity index is 0.798. The maximum atomic E-state index is 2.55. The van der Waals surface area contributed by atoms with Gasteiger partial charge in [0.2, 0.25) is 0 Å². The minimum Gasteiger partial charge on any atom is -0.309 e. The smallest absolute Gasteiger partial charge is 0.180 e. The van der Waals surface area contributed by atoms with Crippen LogP contribution in [0, 0.1) is 0 Å². The molecule has 0 N–H and O–H groups in total. The molecule has 2 heterocycles. The largest absolute Gasteiger partial charge is 0.309 e. The van der Waals surface area contributed by atoms with Crippen molar-refractivity contribution in [3.05, 3.63) is 272 Å². The van der Waals surface area contributed by atoms with E-state index in [1.165, 1.54) is 147 Å². The highest BCUT2D eigenvalue weighted by atomic mass is 28.3. The van der Waals surface area contributed by atoms with Crippen LogP contribution in [0.2, 0.25) is 0 Å². The molecule has 16 rings (SSSR count). The molecule has 2 aliphatic rings. The lowest BCUT2D eigenvalue weighted by atomic mass is 9.80. The molecule has 0 fully saturated rings. The van der Waals surface area contributed by atoms with Crippen LogP contribution >= 0.6 is 0 Å². The Morgan fingerprint density at radius 2 is 0.840 bits per heavy atom. The van der Waals surface area contributed by atoms with Crippen LogP contribution < -0.4 is 20.7 Å². The number of benzene rings is 13. The summed E-state index contributed by atoms with van der Waals surface area (Å²) in [6, 6.07) is 99.2. The second kappa shape index (κ2) is 15.7. The Kier molecular flexibility index (Phi) is 8.89. The summed E-state index contributed by atoms with van der Waals surface area (Å²) in [5.41, 5.74) is 16.6. The van der Waals surface area contributed by atoms with E-state index in [1.54, 1.807) is 0 Å². The molecule has 0 saturated carbocycles. The second-order valence-electron chi connectivity index (χ2n) is 21.6. The van der Waals surface area contributed by atoms with Crippen molar-refractivity contribution in [3.8, 4) is 50.2 Å². The molecule has 0 amide bonds. The molecule has 1 aromatic heterocycles. The summed E-state index contributed by atoms with van der Waals surface area (Å²) in [6.45, 7) is 4.82. The van der Waals surface area contributed by atoms with E-state index in [0.717, 1.165) is 0 Å². The van der Waals surface area contributed by atoms with Gasteiger partial charge in [0.05, 0.1) is 11.0 Å². The Hall–Kier alpha value is -9.08. The summed E-state index contributed by atoms with van der Waals surface area (Å²) in [5, 5.41) is 18.5. The van der Waals surface area contributed by atoms with E-state index in [-0.39, 0.29) is 5.41 Å². The van der Waals surface area contributed by atoms with Crippen molar-refractivity contribution >= 4 is 93.7 Å². The third-order valence-electron chi connectivity index (χ3n) is 17.4. The highest BCUT2D eigenvalue weighted by Crippen LogP contribution is 2.52. The van der Waals surface area contributed by atoms with Crippen LogP contribution in [-0.2, 0) is 5.41 Å². The molecule has 1 aliphatic carbocycles. The third kappa shape index (κ3) is 6.00. The van der Waals surface area contributed by atoms with Gasteiger partial charge in [0.1, 0.15) is 0 Å². The van der Waals surface area contributed by atoms with Gasteiger partial charge in [0, 0.05) is 21.9 Å². The van der Waals surface area contributed by atoms with Crippen molar-refractivity contribution in [2.75, 3.05) is 0 Å². The fraction of sp³-hybridized carbons (Fsp3) is 0.0411. The molecular formula is C73H49NSi. The molecule has 0 saturated heterocycles. The molecule has 0 bridgehead atoms. The SMILES string of the molecule is CC1(C)c2cc(-c3ccc4c(c3)c3ccccc3n4-c3ccc4cc5cc6c(cc5cc4c3)[Si](c3ccccc3)(c3ccccc3)c3ccccc3-6)ccc2-c2ccc(-c3c4ccccc4cc4ccccc34)cc21. The summed E-state index contributed by atoms with van der Waals surface area (Å²) in [4.78, 5) is 0.